The molecule has 10 nitrogen and oxygen atoms in total. The van der Waals surface area contributed by atoms with E-state index in [1.165, 1.54) is 12.1 Å². The van der Waals surface area contributed by atoms with Crippen molar-refractivity contribution in [2.75, 3.05) is 63.2 Å². The fourth-order valence-electron chi connectivity index (χ4n) is 3.44. The van der Waals surface area contributed by atoms with Gasteiger partial charge in [-0.25, -0.2) is 13.1 Å². The Morgan fingerprint density at radius 3 is 2.26 bits per heavy atom. The highest BCUT2D eigenvalue weighted by atomic mass is 32.2. The molecule has 2 aromatic carbocycles. The van der Waals surface area contributed by atoms with Crippen molar-refractivity contribution in [1.29, 1.82) is 0 Å². The van der Waals surface area contributed by atoms with Gasteiger partial charge in [-0.3, -0.25) is 10.1 Å². The predicted octanol–water partition coefficient (Wildman–Crippen LogP) is 1.47. The van der Waals surface area contributed by atoms with E-state index >= 15 is 0 Å². The Balaban J connectivity index is 1.75. The fourth-order valence-corrected chi connectivity index (χ4v) is 4.48. The van der Waals surface area contributed by atoms with Crippen molar-refractivity contribution in [2.45, 2.75) is 4.90 Å². The van der Waals surface area contributed by atoms with Crippen LogP contribution < -0.4 is 14.5 Å². The third-order valence-corrected chi connectivity index (χ3v) is 6.60. The number of aromatic hydroxyl groups is 1. The average molecular weight is 450 g/mol. The molecule has 1 aliphatic heterocycles. The lowest BCUT2D eigenvalue weighted by molar-refractivity contribution is -0.384. The lowest BCUT2D eigenvalue weighted by Crippen LogP contribution is -2.46. The van der Waals surface area contributed by atoms with Crippen molar-refractivity contribution >= 4 is 27.1 Å². The molecule has 0 unspecified atom stereocenters. The zero-order chi connectivity index (χ0) is 22.6. The maximum Gasteiger partial charge on any atom is 0.293 e. The van der Waals surface area contributed by atoms with Crippen LogP contribution in [0.25, 0.3) is 0 Å². The minimum atomic E-state index is -3.84. The van der Waals surface area contributed by atoms with Crippen molar-refractivity contribution in [3.05, 3.63) is 52.6 Å². The highest BCUT2D eigenvalue weighted by Crippen LogP contribution is 2.32. The highest BCUT2D eigenvalue weighted by Gasteiger charge is 2.26. The Kier molecular flexibility index (Phi) is 6.98. The standard InChI is InChI=1S/C20H27N5O5S/c1-22(2)10-9-21-31(29,30)18-7-8-19(20(15-18)25(27)28)24-13-11-23(12-14-24)16-3-5-17(26)6-4-16/h3-8,15,21,26H,9-14H2,1-2H3. The fraction of sp³-hybridized carbons (Fsp3) is 0.400. The Labute approximate surface area is 181 Å². The average Bonchev–Trinajstić information content (AvgIpc) is 2.73. The Morgan fingerprint density at radius 1 is 1.06 bits per heavy atom. The highest BCUT2D eigenvalue weighted by molar-refractivity contribution is 7.89. The van der Waals surface area contributed by atoms with Gasteiger partial charge in [-0.1, -0.05) is 0 Å². The molecule has 2 aromatic rings. The number of nitrogens with zero attached hydrogens (tertiary/aromatic N) is 4. The third kappa shape index (κ3) is 5.63. The zero-order valence-corrected chi connectivity index (χ0v) is 18.4. The van der Waals surface area contributed by atoms with Gasteiger partial charge in [-0.15, -0.1) is 0 Å². The molecule has 31 heavy (non-hydrogen) atoms. The SMILES string of the molecule is CN(C)CCNS(=O)(=O)c1ccc(N2CCN(c3ccc(O)cc3)CC2)c([N+](=O)[O-])c1. The van der Waals surface area contributed by atoms with Crippen LogP contribution in [0.3, 0.4) is 0 Å². The van der Waals surface area contributed by atoms with Crippen molar-refractivity contribution < 1.29 is 18.4 Å². The summed E-state index contributed by atoms with van der Waals surface area (Å²) in [7, 11) is -0.179. The van der Waals surface area contributed by atoms with Gasteiger partial charge in [0.05, 0.1) is 9.82 Å². The van der Waals surface area contributed by atoms with Gasteiger partial charge >= 0.3 is 0 Å². The summed E-state index contributed by atoms with van der Waals surface area (Å²) in [6, 6.07) is 10.9. The van der Waals surface area contributed by atoms with E-state index in [-0.39, 0.29) is 22.9 Å². The van der Waals surface area contributed by atoms with E-state index in [4.69, 9.17) is 0 Å². The number of benzene rings is 2. The summed E-state index contributed by atoms with van der Waals surface area (Å²) >= 11 is 0. The molecule has 0 aliphatic carbocycles. The number of anilines is 2. The summed E-state index contributed by atoms with van der Waals surface area (Å²) in [6.45, 7) is 3.13. The number of piperazine rings is 1. The molecule has 2 N–H and O–H groups in total. The molecule has 0 amide bonds. The van der Waals surface area contributed by atoms with E-state index in [9.17, 15) is 23.6 Å². The number of nitrogens with one attached hydrogen (secondary N) is 1. The number of rotatable bonds is 8. The topological polar surface area (TPSA) is 119 Å². The van der Waals surface area contributed by atoms with Crippen molar-refractivity contribution in [3.63, 3.8) is 0 Å². The zero-order valence-electron chi connectivity index (χ0n) is 17.6. The molecule has 168 valence electrons. The Bertz CT molecular complexity index is 1020. The van der Waals surface area contributed by atoms with Crippen LogP contribution in [0.1, 0.15) is 0 Å². The molecule has 1 heterocycles. The summed E-state index contributed by atoms with van der Waals surface area (Å²) in [4.78, 5) is 16.9. The number of nitro groups is 1. The Morgan fingerprint density at radius 2 is 1.68 bits per heavy atom. The van der Waals surface area contributed by atoms with Crippen LogP contribution in [0.2, 0.25) is 0 Å². The lowest BCUT2D eigenvalue weighted by Gasteiger charge is -2.37. The first-order valence-corrected chi connectivity index (χ1v) is 11.4. The molecule has 0 saturated carbocycles. The molecule has 3 rings (SSSR count). The maximum absolute atomic E-state index is 12.5. The molecule has 0 spiro atoms. The van der Waals surface area contributed by atoms with Crippen LogP contribution >= 0.6 is 0 Å². The number of likely N-dealkylation sites (N-methyl/N-ethyl adjacent to an activating group) is 1. The number of nitro benzene ring substituents is 1. The van der Waals surface area contributed by atoms with E-state index in [0.29, 0.717) is 38.4 Å². The van der Waals surface area contributed by atoms with E-state index in [2.05, 4.69) is 9.62 Å². The number of sulfonamides is 1. The maximum atomic E-state index is 12.5. The number of phenols is 1. The van der Waals surface area contributed by atoms with Crippen molar-refractivity contribution in [2.24, 2.45) is 0 Å². The van der Waals surface area contributed by atoms with Gasteiger partial charge in [0, 0.05) is 51.0 Å². The van der Waals surface area contributed by atoms with Crippen LogP contribution in [-0.2, 0) is 10.0 Å². The second kappa shape index (κ2) is 9.50. The van der Waals surface area contributed by atoms with Crippen molar-refractivity contribution in [3.8, 4) is 5.75 Å². The van der Waals surface area contributed by atoms with Gasteiger partial charge in [0.25, 0.3) is 5.69 Å². The minimum Gasteiger partial charge on any atom is -0.508 e. The van der Waals surface area contributed by atoms with Gasteiger partial charge in [-0.2, -0.15) is 0 Å². The molecule has 1 fully saturated rings. The third-order valence-electron chi connectivity index (χ3n) is 5.14. The van der Waals surface area contributed by atoms with Crippen LogP contribution in [0.5, 0.6) is 5.75 Å². The van der Waals surface area contributed by atoms with Gasteiger partial charge in [0.1, 0.15) is 11.4 Å². The minimum absolute atomic E-state index is 0.121. The summed E-state index contributed by atoms with van der Waals surface area (Å²) < 4.78 is 27.5. The molecule has 0 radical (unpaired) electrons. The molecule has 0 atom stereocenters. The second-order valence-corrected chi connectivity index (χ2v) is 9.37. The van der Waals surface area contributed by atoms with Crippen LogP contribution in [0, 0.1) is 10.1 Å². The first-order valence-electron chi connectivity index (χ1n) is 9.89. The first kappa shape index (κ1) is 22.8. The van der Waals surface area contributed by atoms with Crippen molar-refractivity contribution in [1.82, 2.24) is 9.62 Å². The van der Waals surface area contributed by atoms with Gasteiger partial charge in [0.15, 0.2) is 0 Å². The largest absolute Gasteiger partial charge is 0.508 e. The molecule has 11 heteroatoms. The predicted molar refractivity (Wildman–Crippen MR) is 119 cm³/mol. The summed E-state index contributed by atoms with van der Waals surface area (Å²) in [5.41, 5.74) is 1.15. The molecule has 1 aliphatic rings. The Hall–Kier alpha value is -2.89. The van der Waals surface area contributed by atoms with E-state index in [1.54, 1.807) is 12.1 Å². The quantitative estimate of drug-likeness (QED) is 0.459. The van der Waals surface area contributed by atoms with Gasteiger partial charge < -0.3 is 19.8 Å². The number of hydrogen-bond donors (Lipinski definition) is 2. The smallest absolute Gasteiger partial charge is 0.293 e. The van der Waals surface area contributed by atoms with Crippen LogP contribution in [0.4, 0.5) is 17.1 Å². The molecule has 0 bridgehead atoms. The lowest BCUT2D eigenvalue weighted by atomic mass is 10.2. The molecule has 1 saturated heterocycles. The summed E-state index contributed by atoms with van der Waals surface area (Å²) in [5.74, 6) is 0.198. The number of phenolic OH excluding ortho intramolecular Hbond substituents is 1. The van der Waals surface area contributed by atoms with E-state index in [0.717, 1.165) is 11.8 Å². The van der Waals surface area contributed by atoms with Crippen LogP contribution in [-0.4, -0.2) is 76.7 Å². The van der Waals surface area contributed by atoms with E-state index in [1.807, 2.05) is 36.0 Å². The monoisotopic (exact) mass is 449 g/mol. The number of hydrogen-bond acceptors (Lipinski definition) is 8. The summed E-state index contributed by atoms with van der Waals surface area (Å²) in [6.07, 6.45) is 0. The molecular formula is C20H27N5O5S. The molecular weight excluding hydrogens is 422 g/mol. The normalized spacial score (nSPS) is 14.8. The van der Waals surface area contributed by atoms with Gasteiger partial charge in [-0.05, 0) is 50.5 Å². The van der Waals surface area contributed by atoms with Crippen LogP contribution in [0.15, 0.2) is 47.4 Å². The van der Waals surface area contributed by atoms with Gasteiger partial charge in [0.2, 0.25) is 10.0 Å². The molecule has 0 aromatic heterocycles. The van der Waals surface area contributed by atoms with E-state index < -0.39 is 14.9 Å². The first-order chi connectivity index (χ1) is 14.7. The summed E-state index contributed by atoms with van der Waals surface area (Å²) in [5, 5.41) is 21.1. The second-order valence-electron chi connectivity index (χ2n) is 7.60.